The molecule has 1 saturated heterocycles. The lowest BCUT2D eigenvalue weighted by atomic mass is 10.2. The number of carbonyl (C=O) groups is 1. The number of amides is 1. The Balaban J connectivity index is 2.13. The zero-order chi connectivity index (χ0) is 13.7. The first-order chi connectivity index (χ1) is 9.22. The molecule has 0 aliphatic carbocycles. The average Bonchev–Trinajstić information content (AvgIpc) is 2.45. The van der Waals surface area contributed by atoms with E-state index in [9.17, 15) is 4.79 Å². The predicted molar refractivity (Wildman–Crippen MR) is 73.9 cm³/mol. The van der Waals surface area contributed by atoms with Crippen molar-refractivity contribution in [1.29, 1.82) is 0 Å². The number of ether oxygens (including phenoxy) is 1. The third kappa shape index (κ3) is 3.35. The second-order valence-corrected chi connectivity index (χ2v) is 4.52. The van der Waals surface area contributed by atoms with Crippen LogP contribution in [-0.2, 0) is 9.53 Å². The van der Waals surface area contributed by atoms with Gasteiger partial charge in [-0.2, -0.15) is 0 Å². The molecule has 19 heavy (non-hydrogen) atoms. The highest BCUT2D eigenvalue weighted by Gasteiger charge is 2.30. The third-order valence-corrected chi connectivity index (χ3v) is 3.04. The van der Waals surface area contributed by atoms with Gasteiger partial charge in [0.05, 0.1) is 13.2 Å². The van der Waals surface area contributed by atoms with Crippen LogP contribution in [0.25, 0.3) is 0 Å². The van der Waals surface area contributed by atoms with Crippen molar-refractivity contribution in [3.8, 4) is 0 Å². The summed E-state index contributed by atoms with van der Waals surface area (Å²) >= 11 is 0. The summed E-state index contributed by atoms with van der Waals surface area (Å²) in [7, 11) is 0. The number of nitrogens with one attached hydrogen (secondary N) is 1. The van der Waals surface area contributed by atoms with Crippen LogP contribution in [0.15, 0.2) is 18.3 Å². The van der Waals surface area contributed by atoms with Crippen LogP contribution in [-0.4, -0.2) is 43.2 Å². The second kappa shape index (κ2) is 6.38. The molecule has 0 saturated carbocycles. The van der Waals surface area contributed by atoms with Crippen molar-refractivity contribution in [2.45, 2.75) is 19.4 Å². The van der Waals surface area contributed by atoms with Crippen molar-refractivity contribution in [3.63, 3.8) is 0 Å². The van der Waals surface area contributed by atoms with Crippen LogP contribution in [0, 0.1) is 0 Å². The first-order valence-electron chi connectivity index (χ1n) is 6.56. The van der Waals surface area contributed by atoms with E-state index in [1.165, 1.54) is 0 Å². The molecule has 0 spiro atoms. The minimum absolute atomic E-state index is 0.0224. The fraction of sp³-hybridized carbons (Fsp3) is 0.538. The predicted octanol–water partition coefficient (Wildman–Crippen LogP) is 0.395. The first-order valence-corrected chi connectivity index (χ1v) is 6.56. The minimum Gasteiger partial charge on any atom is -0.399 e. The van der Waals surface area contributed by atoms with Gasteiger partial charge in [0.15, 0.2) is 0 Å². The monoisotopic (exact) mass is 264 g/mol. The van der Waals surface area contributed by atoms with Crippen LogP contribution >= 0.6 is 0 Å². The number of hydrogen-bond acceptors (Lipinski definition) is 5. The molecule has 1 aliphatic rings. The second-order valence-electron chi connectivity index (χ2n) is 4.52. The van der Waals surface area contributed by atoms with Gasteiger partial charge in [0.1, 0.15) is 11.9 Å². The Morgan fingerprint density at radius 2 is 2.53 bits per heavy atom. The van der Waals surface area contributed by atoms with Gasteiger partial charge in [0, 0.05) is 31.0 Å². The number of nitrogens with two attached hydrogens (primary N) is 1. The summed E-state index contributed by atoms with van der Waals surface area (Å²) in [4.78, 5) is 18.4. The number of nitrogen functional groups attached to an aromatic ring is 1. The molecule has 6 nitrogen and oxygen atoms in total. The van der Waals surface area contributed by atoms with Gasteiger partial charge in [-0.15, -0.1) is 0 Å². The van der Waals surface area contributed by atoms with Crippen molar-refractivity contribution < 1.29 is 9.53 Å². The van der Waals surface area contributed by atoms with Gasteiger partial charge in [-0.05, 0) is 12.5 Å². The third-order valence-electron chi connectivity index (χ3n) is 3.04. The number of anilines is 2. The van der Waals surface area contributed by atoms with Crippen LogP contribution in [0.2, 0.25) is 0 Å². The number of carbonyl (C=O) groups excluding carboxylic acids is 1. The minimum atomic E-state index is -0.338. The topological polar surface area (TPSA) is 80.5 Å². The molecule has 1 unspecified atom stereocenters. The van der Waals surface area contributed by atoms with Gasteiger partial charge in [0.2, 0.25) is 5.91 Å². The zero-order valence-electron chi connectivity index (χ0n) is 11.1. The number of hydrogen-bond donors (Lipinski definition) is 2. The molecule has 104 valence electrons. The highest BCUT2D eigenvalue weighted by atomic mass is 16.5. The molecule has 1 atom stereocenters. The maximum Gasteiger partial charge on any atom is 0.245 e. The van der Waals surface area contributed by atoms with Crippen LogP contribution < -0.4 is 16.0 Å². The Morgan fingerprint density at radius 3 is 3.26 bits per heavy atom. The Hall–Kier alpha value is -1.82. The standard InChI is InChI=1S/C13H20N4O2/c1-2-4-16-13(18)11-9-19-7-6-17(11)12-8-10(14)3-5-15-12/h3,5,8,11H,2,4,6-7,9H2,1H3,(H2,14,15)(H,16,18). The van der Waals surface area contributed by atoms with Gasteiger partial charge in [-0.3, -0.25) is 4.79 Å². The fourth-order valence-corrected chi connectivity index (χ4v) is 2.05. The number of rotatable bonds is 4. The maximum atomic E-state index is 12.1. The molecule has 1 amide bonds. The normalized spacial score (nSPS) is 19.2. The number of aromatic nitrogens is 1. The lowest BCUT2D eigenvalue weighted by Crippen LogP contribution is -2.54. The van der Waals surface area contributed by atoms with Gasteiger partial charge < -0.3 is 20.7 Å². The summed E-state index contributed by atoms with van der Waals surface area (Å²) < 4.78 is 5.40. The lowest BCUT2D eigenvalue weighted by Gasteiger charge is -2.35. The summed E-state index contributed by atoms with van der Waals surface area (Å²) in [5, 5.41) is 2.90. The summed E-state index contributed by atoms with van der Waals surface area (Å²) in [5.74, 6) is 0.700. The SMILES string of the molecule is CCCNC(=O)C1COCCN1c1cc(N)ccn1. The van der Waals surface area contributed by atoms with Crippen LogP contribution in [0.5, 0.6) is 0 Å². The van der Waals surface area contributed by atoms with Gasteiger partial charge >= 0.3 is 0 Å². The highest BCUT2D eigenvalue weighted by molar-refractivity contribution is 5.85. The van der Waals surface area contributed by atoms with E-state index in [2.05, 4.69) is 10.3 Å². The van der Waals surface area contributed by atoms with Crippen molar-refractivity contribution in [3.05, 3.63) is 18.3 Å². The molecule has 2 heterocycles. The molecule has 0 bridgehead atoms. The molecule has 1 aromatic heterocycles. The van der Waals surface area contributed by atoms with Crippen LogP contribution in [0.4, 0.5) is 11.5 Å². The maximum absolute atomic E-state index is 12.1. The lowest BCUT2D eigenvalue weighted by molar-refractivity contribution is -0.124. The van der Waals surface area contributed by atoms with E-state index in [-0.39, 0.29) is 11.9 Å². The van der Waals surface area contributed by atoms with E-state index >= 15 is 0 Å². The van der Waals surface area contributed by atoms with E-state index in [1.54, 1.807) is 18.3 Å². The highest BCUT2D eigenvalue weighted by Crippen LogP contribution is 2.19. The molecule has 1 aromatic rings. The smallest absolute Gasteiger partial charge is 0.245 e. The molecular weight excluding hydrogens is 244 g/mol. The molecule has 2 rings (SSSR count). The molecule has 6 heteroatoms. The Bertz CT molecular complexity index is 438. The summed E-state index contributed by atoms with van der Waals surface area (Å²) in [6, 6.07) is 3.18. The fourth-order valence-electron chi connectivity index (χ4n) is 2.05. The number of morpholine rings is 1. The average molecular weight is 264 g/mol. The van der Waals surface area contributed by atoms with Crippen LogP contribution in [0.3, 0.4) is 0 Å². The van der Waals surface area contributed by atoms with E-state index in [0.717, 1.165) is 12.2 Å². The van der Waals surface area contributed by atoms with Crippen molar-refractivity contribution in [2.75, 3.05) is 36.9 Å². The van der Waals surface area contributed by atoms with Crippen molar-refractivity contribution in [2.24, 2.45) is 0 Å². The van der Waals surface area contributed by atoms with Crippen molar-refractivity contribution >= 4 is 17.4 Å². The zero-order valence-corrected chi connectivity index (χ0v) is 11.1. The Labute approximate surface area is 112 Å². The Kier molecular flexibility index (Phi) is 4.57. The first kappa shape index (κ1) is 13.6. The van der Waals surface area contributed by atoms with Gasteiger partial charge in [-0.1, -0.05) is 6.92 Å². The van der Waals surface area contributed by atoms with Crippen LogP contribution in [0.1, 0.15) is 13.3 Å². The molecular formula is C13H20N4O2. The number of pyridine rings is 1. The van der Waals surface area contributed by atoms with E-state index in [4.69, 9.17) is 10.5 Å². The van der Waals surface area contributed by atoms with Crippen molar-refractivity contribution in [1.82, 2.24) is 10.3 Å². The van der Waals surface area contributed by atoms with E-state index in [1.807, 2.05) is 11.8 Å². The summed E-state index contributed by atoms with van der Waals surface area (Å²) in [5.41, 5.74) is 6.41. The van der Waals surface area contributed by atoms with Gasteiger partial charge in [-0.25, -0.2) is 4.98 Å². The Morgan fingerprint density at radius 1 is 1.68 bits per heavy atom. The van der Waals surface area contributed by atoms with Gasteiger partial charge in [0.25, 0.3) is 0 Å². The molecule has 0 aromatic carbocycles. The molecule has 3 N–H and O–H groups in total. The molecule has 1 fully saturated rings. The van der Waals surface area contributed by atoms with E-state index in [0.29, 0.717) is 32.0 Å². The largest absolute Gasteiger partial charge is 0.399 e. The van der Waals surface area contributed by atoms with E-state index < -0.39 is 0 Å². The molecule has 1 aliphatic heterocycles. The molecule has 0 radical (unpaired) electrons. The number of nitrogens with zero attached hydrogens (tertiary/aromatic N) is 2. The quantitative estimate of drug-likeness (QED) is 0.822. The summed E-state index contributed by atoms with van der Waals surface area (Å²) in [6.45, 7) is 4.31. The summed E-state index contributed by atoms with van der Waals surface area (Å²) in [6.07, 6.45) is 2.57.